The molecule has 4 nitrogen and oxygen atoms in total. The van der Waals surface area contributed by atoms with E-state index in [1.807, 2.05) is 36.4 Å². The van der Waals surface area contributed by atoms with Gasteiger partial charge in [-0.15, -0.1) is 0 Å². The average molecular weight is 318 g/mol. The molecule has 1 aliphatic rings. The molecule has 0 aliphatic carbocycles. The molecule has 0 spiro atoms. The van der Waals surface area contributed by atoms with Gasteiger partial charge in [-0.05, 0) is 42.0 Å². The Kier molecular flexibility index (Phi) is 4.05. The average Bonchev–Trinajstić information content (AvgIpc) is 2.55. The first-order chi connectivity index (χ1) is 10.7. The first-order valence-electron chi connectivity index (χ1n) is 6.91. The highest BCUT2D eigenvalue weighted by Gasteiger charge is 2.49. The summed E-state index contributed by atoms with van der Waals surface area (Å²) in [4.78, 5) is 14.1. The summed E-state index contributed by atoms with van der Waals surface area (Å²) in [6.07, 6.45) is -0.468. The topological polar surface area (TPSA) is 38.8 Å². The Hall–Kier alpha value is -2.04. The van der Waals surface area contributed by atoms with Crippen LogP contribution in [0.4, 0.5) is 5.69 Å². The molecule has 5 heteroatoms. The van der Waals surface area contributed by atoms with Gasteiger partial charge < -0.3 is 9.47 Å². The zero-order chi connectivity index (χ0) is 15.7. The second-order valence-corrected chi connectivity index (χ2v) is 5.50. The van der Waals surface area contributed by atoms with Crippen molar-refractivity contribution in [2.24, 2.45) is 0 Å². The SMILES string of the molecule is COc1ccc([C@@H]2[C@H](OC)C(=O)N2c2ccc(Cl)cc2)cc1. The lowest BCUT2D eigenvalue weighted by Crippen LogP contribution is -2.59. The summed E-state index contributed by atoms with van der Waals surface area (Å²) in [5, 5.41) is 0.640. The van der Waals surface area contributed by atoms with Crippen LogP contribution in [0.25, 0.3) is 0 Å². The van der Waals surface area contributed by atoms with Crippen molar-refractivity contribution in [3.63, 3.8) is 0 Å². The van der Waals surface area contributed by atoms with Crippen LogP contribution in [0.15, 0.2) is 48.5 Å². The maximum absolute atomic E-state index is 12.3. The van der Waals surface area contributed by atoms with E-state index in [1.54, 1.807) is 31.3 Å². The Labute approximate surface area is 134 Å². The van der Waals surface area contributed by atoms with E-state index in [0.29, 0.717) is 5.02 Å². The molecule has 0 radical (unpaired) electrons. The number of benzene rings is 2. The molecular weight excluding hydrogens is 302 g/mol. The number of carbonyl (C=O) groups excluding carboxylic acids is 1. The van der Waals surface area contributed by atoms with Gasteiger partial charge in [0.2, 0.25) is 0 Å². The van der Waals surface area contributed by atoms with Crippen molar-refractivity contribution in [2.45, 2.75) is 12.1 Å². The Morgan fingerprint density at radius 1 is 1.00 bits per heavy atom. The molecule has 3 rings (SSSR count). The lowest BCUT2D eigenvalue weighted by Gasteiger charge is -2.46. The van der Waals surface area contributed by atoms with Gasteiger partial charge in [0.1, 0.15) is 5.75 Å². The van der Waals surface area contributed by atoms with Crippen LogP contribution in [0.1, 0.15) is 11.6 Å². The summed E-state index contributed by atoms with van der Waals surface area (Å²) < 4.78 is 10.5. The van der Waals surface area contributed by atoms with Crippen LogP contribution in [0, 0.1) is 0 Å². The van der Waals surface area contributed by atoms with Crippen molar-refractivity contribution in [1.82, 2.24) is 0 Å². The molecule has 22 heavy (non-hydrogen) atoms. The number of carbonyl (C=O) groups is 1. The van der Waals surface area contributed by atoms with E-state index in [2.05, 4.69) is 0 Å². The number of hydrogen-bond donors (Lipinski definition) is 0. The molecule has 2 aromatic rings. The molecule has 2 atom stereocenters. The fraction of sp³-hybridized carbons (Fsp3) is 0.235. The standard InChI is InChI=1S/C17H16ClNO3/c1-21-14-9-3-11(4-10-14)15-16(22-2)17(20)19(15)13-7-5-12(18)6-8-13/h3-10,15-16H,1-2H3/t15-,16+/m1/s1. The maximum atomic E-state index is 12.3. The van der Waals surface area contributed by atoms with Crippen molar-refractivity contribution in [1.29, 1.82) is 0 Å². The summed E-state index contributed by atoms with van der Waals surface area (Å²) in [5.41, 5.74) is 1.81. The van der Waals surface area contributed by atoms with Gasteiger partial charge in [-0.3, -0.25) is 9.69 Å². The number of β-lactam (4-membered cyclic amide) rings is 1. The normalized spacial score (nSPS) is 20.7. The minimum Gasteiger partial charge on any atom is -0.497 e. The third-order valence-electron chi connectivity index (χ3n) is 3.86. The zero-order valence-electron chi connectivity index (χ0n) is 12.3. The number of rotatable bonds is 4. The predicted octanol–water partition coefficient (Wildman–Crippen LogP) is 3.45. The molecule has 1 amide bonds. The van der Waals surface area contributed by atoms with E-state index in [9.17, 15) is 4.79 Å². The Balaban J connectivity index is 1.94. The van der Waals surface area contributed by atoms with Gasteiger partial charge in [0.05, 0.1) is 13.2 Å². The Morgan fingerprint density at radius 3 is 2.18 bits per heavy atom. The first kappa shape index (κ1) is 14.9. The van der Waals surface area contributed by atoms with Crippen molar-refractivity contribution in [3.05, 3.63) is 59.1 Å². The molecule has 1 saturated heterocycles. The highest BCUT2D eigenvalue weighted by Crippen LogP contribution is 2.41. The molecule has 0 aromatic heterocycles. The quantitative estimate of drug-likeness (QED) is 0.811. The number of halogens is 1. The van der Waals surface area contributed by atoms with Gasteiger partial charge in [-0.1, -0.05) is 23.7 Å². The van der Waals surface area contributed by atoms with Crippen LogP contribution in [0.5, 0.6) is 5.75 Å². The monoisotopic (exact) mass is 317 g/mol. The smallest absolute Gasteiger partial charge is 0.259 e. The van der Waals surface area contributed by atoms with Crippen LogP contribution >= 0.6 is 11.6 Å². The molecule has 0 unspecified atom stereocenters. The molecule has 0 bridgehead atoms. The lowest BCUT2D eigenvalue weighted by atomic mass is 9.89. The van der Waals surface area contributed by atoms with Gasteiger partial charge in [-0.25, -0.2) is 0 Å². The number of ether oxygens (including phenoxy) is 2. The van der Waals surface area contributed by atoms with E-state index < -0.39 is 6.10 Å². The molecule has 0 N–H and O–H groups in total. The zero-order valence-corrected chi connectivity index (χ0v) is 13.1. The number of methoxy groups -OCH3 is 2. The lowest BCUT2D eigenvalue weighted by molar-refractivity contribution is -0.139. The first-order valence-corrected chi connectivity index (χ1v) is 7.29. The maximum Gasteiger partial charge on any atom is 0.259 e. The van der Waals surface area contributed by atoms with Crippen molar-refractivity contribution in [3.8, 4) is 5.75 Å². The summed E-state index contributed by atoms with van der Waals surface area (Å²) >= 11 is 5.91. The summed E-state index contributed by atoms with van der Waals surface area (Å²) in [5.74, 6) is 0.729. The van der Waals surface area contributed by atoms with E-state index in [-0.39, 0.29) is 11.9 Å². The van der Waals surface area contributed by atoms with Crippen LogP contribution in [0.3, 0.4) is 0 Å². The third-order valence-corrected chi connectivity index (χ3v) is 4.11. The van der Waals surface area contributed by atoms with Gasteiger partial charge in [-0.2, -0.15) is 0 Å². The molecular formula is C17H16ClNO3. The molecule has 1 aliphatic heterocycles. The second-order valence-electron chi connectivity index (χ2n) is 5.06. The van der Waals surface area contributed by atoms with Gasteiger partial charge >= 0.3 is 0 Å². The minimum atomic E-state index is -0.468. The fourth-order valence-corrected chi connectivity index (χ4v) is 2.83. The highest BCUT2D eigenvalue weighted by atomic mass is 35.5. The Bertz CT molecular complexity index is 669. The number of amides is 1. The van der Waals surface area contributed by atoms with Crippen molar-refractivity contribution in [2.75, 3.05) is 19.1 Å². The van der Waals surface area contributed by atoms with Crippen molar-refractivity contribution >= 4 is 23.2 Å². The van der Waals surface area contributed by atoms with E-state index in [4.69, 9.17) is 21.1 Å². The van der Waals surface area contributed by atoms with Gasteiger partial charge in [0, 0.05) is 17.8 Å². The molecule has 114 valence electrons. The van der Waals surface area contributed by atoms with E-state index in [1.165, 1.54) is 0 Å². The number of anilines is 1. The molecule has 0 saturated carbocycles. The molecule has 1 heterocycles. The summed E-state index contributed by atoms with van der Waals surface area (Å²) in [7, 11) is 3.18. The van der Waals surface area contributed by atoms with Crippen LogP contribution in [-0.2, 0) is 9.53 Å². The van der Waals surface area contributed by atoms with Gasteiger partial charge in [0.15, 0.2) is 6.10 Å². The summed E-state index contributed by atoms with van der Waals surface area (Å²) in [6, 6.07) is 14.7. The number of hydrogen-bond acceptors (Lipinski definition) is 3. The van der Waals surface area contributed by atoms with Crippen molar-refractivity contribution < 1.29 is 14.3 Å². The van der Waals surface area contributed by atoms with Gasteiger partial charge in [0.25, 0.3) is 5.91 Å². The van der Waals surface area contributed by atoms with Crippen LogP contribution < -0.4 is 9.64 Å². The van der Waals surface area contributed by atoms with E-state index >= 15 is 0 Å². The predicted molar refractivity (Wildman–Crippen MR) is 85.5 cm³/mol. The van der Waals surface area contributed by atoms with Crippen LogP contribution in [-0.4, -0.2) is 26.2 Å². The molecule has 1 fully saturated rings. The second kappa shape index (κ2) is 5.99. The largest absolute Gasteiger partial charge is 0.497 e. The van der Waals surface area contributed by atoms with E-state index in [0.717, 1.165) is 17.0 Å². The third kappa shape index (κ3) is 2.45. The minimum absolute atomic E-state index is 0.0503. The highest BCUT2D eigenvalue weighted by molar-refractivity contribution is 6.30. The number of nitrogens with zero attached hydrogens (tertiary/aromatic N) is 1. The summed E-state index contributed by atoms with van der Waals surface area (Å²) in [6.45, 7) is 0. The fourth-order valence-electron chi connectivity index (χ4n) is 2.71. The molecule has 2 aromatic carbocycles. The van der Waals surface area contributed by atoms with Crippen LogP contribution in [0.2, 0.25) is 5.02 Å². The Morgan fingerprint density at radius 2 is 1.64 bits per heavy atom.